The van der Waals surface area contributed by atoms with Gasteiger partial charge in [0, 0.05) is 74.0 Å². The lowest BCUT2D eigenvalue weighted by Gasteiger charge is -2.35. The van der Waals surface area contributed by atoms with Crippen LogP contribution >= 0.6 is 34.5 Å². The van der Waals surface area contributed by atoms with Gasteiger partial charge in [0.25, 0.3) is 0 Å². The summed E-state index contributed by atoms with van der Waals surface area (Å²) in [6, 6.07) is 20.6. The van der Waals surface area contributed by atoms with E-state index in [1.54, 1.807) is 49.7 Å². The zero-order valence-corrected chi connectivity index (χ0v) is 44.3. The number of halogens is 3. The van der Waals surface area contributed by atoms with E-state index >= 15 is 0 Å². The highest BCUT2D eigenvalue weighted by Crippen LogP contribution is 2.53. The number of piperazine rings is 1. The summed E-state index contributed by atoms with van der Waals surface area (Å²) in [4.78, 5) is 37.7. The van der Waals surface area contributed by atoms with E-state index in [4.69, 9.17) is 66.1 Å². The number of ether oxygens (including phenoxy) is 8. The number of carboxylic acid groups (broad SMARTS) is 1. The number of aromatic nitrogens is 4. The molecule has 6 heterocycles. The van der Waals surface area contributed by atoms with E-state index in [0.29, 0.717) is 129 Å². The predicted molar refractivity (Wildman–Crippen MR) is 285 cm³/mol. The second-order valence-electron chi connectivity index (χ2n) is 18.1. The number of benzene rings is 4. The molecule has 75 heavy (non-hydrogen) atoms. The van der Waals surface area contributed by atoms with Gasteiger partial charge in [-0.05, 0) is 104 Å². The van der Waals surface area contributed by atoms with Gasteiger partial charge in [0.2, 0.25) is 12.0 Å². The summed E-state index contributed by atoms with van der Waals surface area (Å²) in [5.41, 5.74) is 5.06. The normalized spacial score (nSPS) is 16.3. The zero-order valence-electron chi connectivity index (χ0n) is 42.0. The average Bonchev–Trinajstić information content (AvgIpc) is 3.82. The van der Waals surface area contributed by atoms with E-state index in [1.807, 2.05) is 38.1 Å². The molecule has 0 radical (unpaired) electrons. The van der Waals surface area contributed by atoms with Crippen molar-refractivity contribution >= 4 is 50.7 Å². The average molecular weight is 1080 g/mol. The smallest absolute Gasteiger partial charge is 0.345 e. The van der Waals surface area contributed by atoms with Gasteiger partial charge < -0.3 is 47.9 Å². The lowest BCUT2D eigenvalue weighted by molar-refractivity contribution is -0.145. The van der Waals surface area contributed by atoms with Crippen LogP contribution in [0, 0.1) is 19.7 Å². The van der Waals surface area contributed by atoms with Gasteiger partial charge in [-0.15, -0.1) is 11.3 Å². The van der Waals surface area contributed by atoms with Crippen molar-refractivity contribution in [3.8, 4) is 61.8 Å². The van der Waals surface area contributed by atoms with Crippen molar-refractivity contribution in [3.05, 3.63) is 124 Å². The Labute approximate surface area is 448 Å². The number of hydrogen-bond donors (Lipinski definition) is 1. The molecule has 1 N–H and O–H groups in total. The molecule has 16 nitrogen and oxygen atoms in total. The molecule has 3 aromatic heterocycles. The van der Waals surface area contributed by atoms with Crippen LogP contribution in [-0.4, -0.2) is 146 Å². The second-order valence-corrected chi connectivity index (χ2v) is 19.8. The highest BCUT2D eigenvalue weighted by Gasteiger charge is 2.32. The third kappa shape index (κ3) is 13.1. The van der Waals surface area contributed by atoms with Crippen LogP contribution in [0.1, 0.15) is 22.4 Å². The number of hydrogen-bond acceptors (Lipinski definition) is 16. The van der Waals surface area contributed by atoms with Crippen molar-refractivity contribution in [2.75, 3.05) is 93.1 Å². The van der Waals surface area contributed by atoms with Crippen LogP contribution in [0.25, 0.3) is 43.2 Å². The summed E-state index contributed by atoms with van der Waals surface area (Å²) < 4.78 is 62.6. The number of likely N-dealkylation sites (N-methyl/N-ethyl adjacent to an activating group) is 1. The third-order valence-corrected chi connectivity index (χ3v) is 14.9. The predicted octanol–water partition coefficient (Wildman–Crippen LogP) is 9.64. The van der Waals surface area contributed by atoms with Crippen molar-refractivity contribution in [3.63, 3.8) is 0 Å². The quantitative estimate of drug-likeness (QED) is 0.0806. The Kier molecular flexibility index (Phi) is 17.9. The molecule has 0 unspecified atom stereocenters. The maximum Gasteiger partial charge on any atom is 0.345 e. The van der Waals surface area contributed by atoms with E-state index in [2.05, 4.69) is 31.8 Å². The number of nitrogens with zero attached hydrogens (tertiary/aromatic N) is 6. The number of thiophene rings is 1. The molecular weight excluding hydrogens is 1030 g/mol. The van der Waals surface area contributed by atoms with E-state index < -0.39 is 24.0 Å². The van der Waals surface area contributed by atoms with E-state index in [-0.39, 0.29) is 35.6 Å². The Bertz CT molecular complexity index is 3060. The summed E-state index contributed by atoms with van der Waals surface area (Å²) in [5, 5.41) is 12.0. The summed E-state index contributed by atoms with van der Waals surface area (Å²) in [5.74, 6) is 0.652. The molecule has 10 rings (SSSR count). The van der Waals surface area contributed by atoms with Crippen LogP contribution in [0.3, 0.4) is 0 Å². The first-order chi connectivity index (χ1) is 36.4. The Morgan fingerprint density at radius 2 is 1.53 bits per heavy atom. The fraction of sp³-hybridized carbons (Fsp3) is 0.364. The van der Waals surface area contributed by atoms with E-state index in [0.717, 1.165) is 31.7 Å². The van der Waals surface area contributed by atoms with Gasteiger partial charge in [0.15, 0.2) is 11.6 Å². The number of carbonyl (C=O) groups is 1. The summed E-state index contributed by atoms with van der Waals surface area (Å²) >= 11 is 16.0. The maximum atomic E-state index is 14.4. The Balaban J connectivity index is 1.03. The molecular formula is C55H57Cl2FN6O10S. The molecule has 20 heteroatoms. The molecule has 2 atom stereocenters. The highest BCUT2D eigenvalue weighted by atomic mass is 35.5. The lowest BCUT2D eigenvalue weighted by atomic mass is 9.92. The number of rotatable bonds is 18. The minimum Gasteiger partial charge on any atom is -0.491 e. The highest BCUT2D eigenvalue weighted by molar-refractivity contribution is 7.22. The van der Waals surface area contributed by atoms with Crippen molar-refractivity contribution in [1.82, 2.24) is 29.7 Å². The van der Waals surface area contributed by atoms with E-state index in [9.17, 15) is 14.3 Å². The van der Waals surface area contributed by atoms with Gasteiger partial charge in [-0.3, -0.25) is 4.90 Å². The second kappa shape index (κ2) is 25.1. The molecule has 0 amide bonds. The molecule has 1 fully saturated rings. The molecule has 0 spiro atoms. The topological polar surface area (TPSA) is 169 Å². The summed E-state index contributed by atoms with van der Waals surface area (Å²) in [6.07, 6.45) is 0.785. The van der Waals surface area contributed by atoms with Crippen LogP contribution in [-0.2, 0) is 32.0 Å². The minimum absolute atomic E-state index is 0.0162. The standard InChI is InChI=1S/C55H57Cl2FN6O10S/c1-33-45-34(2)49(57)50(48(33)56)73-42(29-64-19-17-63(3)18-20-64)31-71-41-13-14-43(72-30-39-15-16-59-52(62-39)36-7-11-40(12-8-36)70-26-25-69-24-23-68-22-21-67-4)37(27-41)28-44(55(65)66)74-53-47-46(45)51(75-54(47)61-32-60-53)35-5-9-38(58)10-6-35/h5-16,27,32,42,44H,17-26,28-31H2,1-4H3,(H,65,66)/t42-,44-/m1/s1. The molecule has 0 saturated carbocycles. The van der Waals surface area contributed by atoms with Gasteiger partial charge in [0.05, 0.1) is 54.2 Å². The van der Waals surface area contributed by atoms with Gasteiger partial charge in [-0.2, -0.15) is 0 Å². The van der Waals surface area contributed by atoms with Crippen LogP contribution in [0.5, 0.6) is 28.9 Å². The monoisotopic (exact) mass is 1080 g/mol. The number of fused-ring (bicyclic) bond motifs is 7. The molecule has 3 aliphatic rings. The number of carboxylic acids is 1. The minimum atomic E-state index is -1.49. The third-order valence-electron chi connectivity index (χ3n) is 12.9. The fourth-order valence-electron chi connectivity index (χ4n) is 8.86. The first-order valence-corrected chi connectivity index (χ1v) is 26.1. The van der Waals surface area contributed by atoms with Crippen molar-refractivity contribution < 1.29 is 52.2 Å². The van der Waals surface area contributed by atoms with E-state index in [1.165, 1.54) is 29.8 Å². The van der Waals surface area contributed by atoms with Crippen molar-refractivity contribution in [2.24, 2.45) is 0 Å². The molecule has 7 aromatic rings. The maximum absolute atomic E-state index is 14.4. The van der Waals surface area contributed by atoms with Crippen LogP contribution < -0.4 is 23.7 Å². The largest absolute Gasteiger partial charge is 0.491 e. The molecule has 394 valence electrons. The van der Waals surface area contributed by atoms with Crippen LogP contribution in [0.4, 0.5) is 4.39 Å². The van der Waals surface area contributed by atoms with Gasteiger partial charge >= 0.3 is 5.97 Å². The molecule has 0 aliphatic carbocycles. The Hall–Kier alpha value is -6.22. The lowest BCUT2D eigenvalue weighted by Crippen LogP contribution is -2.49. The number of methoxy groups -OCH3 is 1. The van der Waals surface area contributed by atoms with Crippen molar-refractivity contribution in [1.29, 1.82) is 0 Å². The number of aliphatic carboxylic acids is 1. The van der Waals surface area contributed by atoms with Gasteiger partial charge in [0.1, 0.15) is 60.1 Å². The summed E-state index contributed by atoms with van der Waals surface area (Å²) in [6.45, 7) is 10.6. The zero-order chi connectivity index (χ0) is 52.4. The van der Waals surface area contributed by atoms with Crippen molar-refractivity contribution in [2.45, 2.75) is 39.1 Å². The molecule has 3 aliphatic heterocycles. The molecule has 4 bridgehead atoms. The van der Waals surface area contributed by atoms with Crippen LogP contribution in [0.15, 0.2) is 85.3 Å². The SMILES string of the molecule is COCCOCCOCCOc1ccc(-c2nccc(COc3ccc4cc3C[C@H](C(=O)O)Oc3ncnc5sc(-c6ccc(F)cc6)c(c35)-c3c(C)c(Cl)c(c(Cl)c3C)O[C@H](CN3CCN(C)CC3)CO4)n2)cc1. The fourth-order valence-corrected chi connectivity index (χ4v) is 10.5. The van der Waals surface area contributed by atoms with Crippen LogP contribution in [0.2, 0.25) is 10.0 Å². The molecule has 1 saturated heterocycles. The first-order valence-electron chi connectivity index (χ1n) is 24.5. The van der Waals surface area contributed by atoms with Gasteiger partial charge in [-0.1, -0.05) is 35.3 Å². The molecule has 4 aromatic carbocycles. The summed E-state index contributed by atoms with van der Waals surface area (Å²) in [7, 11) is 3.73. The first kappa shape index (κ1) is 53.6. The Morgan fingerprint density at radius 1 is 0.827 bits per heavy atom. The van der Waals surface area contributed by atoms with Gasteiger partial charge in [-0.25, -0.2) is 29.1 Å². The Morgan fingerprint density at radius 3 is 2.25 bits per heavy atom.